The van der Waals surface area contributed by atoms with Crippen LogP contribution in [0.25, 0.3) is 22.2 Å². The number of ketones is 1. The fourth-order valence-corrected chi connectivity index (χ4v) is 3.36. The monoisotopic (exact) mass is 431 g/mol. The van der Waals surface area contributed by atoms with Crippen LogP contribution in [0.4, 0.5) is 0 Å². The maximum absolute atomic E-state index is 12.9. The summed E-state index contributed by atoms with van der Waals surface area (Å²) in [5, 5.41) is 1.04. The highest BCUT2D eigenvalue weighted by Gasteiger charge is 2.17. The molecule has 1 aromatic heterocycles. The molecule has 0 saturated carbocycles. The lowest BCUT2D eigenvalue weighted by Crippen LogP contribution is -2.15. The highest BCUT2D eigenvalue weighted by Crippen LogP contribution is 2.27. The Labute approximate surface area is 184 Å². The van der Waals surface area contributed by atoms with Crippen molar-refractivity contribution in [2.45, 2.75) is 0 Å². The number of carbonyl (C=O) groups is 2. The quantitative estimate of drug-likeness (QED) is 0.293. The van der Waals surface area contributed by atoms with Crippen LogP contribution >= 0.6 is 11.6 Å². The van der Waals surface area contributed by atoms with Gasteiger partial charge in [0.2, 0.25) is 0 Å². The van der Waals surface area contributed by atoms with Crippen molar-refractivity contribution in [1.82, 2.24) is 4.98 Å². The van der Waals surface area contributed by atoms with E-state index in [-0.39, 0.29) is 12.4 Å². The highest BCUT2D eigenvalue weighted by atomic mass is 35.5. The van der Waals surface area contributed by atoms with Crippen molar-refractivity contribution in [3.05, 3.63) is 95.0 Å². The Bertz CT molecular complexity index is 1250. The largest absolute Gasteiger partial charge is 0.497 e. The van der Waals surface area contributed by atoms with E-state index in [1.165, 1.54) is 0 Å². The predicted octanol–water partition coefficient (Wildman–Crippen LogP) is 5.60. The zero-order chi connectivity index (χ0) is 21.8. The number of nitrogens with zero attached hydrogens (tertiary/aromatic N) is 1. The molecule has 31 heavy (non-hydrogen) atoms. The van der Waals surface area contributed by atoms with Crippen LogP contribution in [0.5, 0.6) is 5.75 Å². The summed E-state index contributed by atoms with van der Waals surface area (Å²) in [7, 11) is 1.55. The molecule has 3 aromatic carbocycles. The molecule has 4 rings (SSSR count). The Morgan fingerprint density at radius 2 is 1.68 bits per heavy atom. The van der Waals surface area contributed by atoms with Gasteiger partial charge in [-0.05, 0) is 48.5 Å². The van der Waals surface area contributed by atoms with Crippen LogP contribution < -0.4 is 4.74 Å². The van der Waals surface area contributed by atoms with Gasteiger partial charge in [-0.15, -0.1) is 0 Å². The Morgan fingerprint density at radius 1 is 0.935 bits per heavy atom. The molecular weight excluding hydrogens is 414 g/mol. The minimum Gasteiger partial charge on any atom is -0.497 e. The number of fused-ring (bicyclic) bond motifs is 1. The molecule has 1 heterocycles. The normalized spacial score (nSPS) is 10.6. The highest BCUT2D eigenvalue weighted by molar-refractivity contribution is 6.31. The van der Waals surface area contributed by atoms with Gasteiger partial charge in [-0.1, -0.05) is 41.9 Å². The number of halogens is 1. The molecule has 4 aromatic rings. The molecule has 0 saturated heterocycles. The maximum Gasteiger partial charge on any atom is 0.339 e. The van der Waals surface area contributed by atoms with E-state index in [0.29, 0.717) is 38.5 Å². The molecule has 0 amide bonds. The number of methoxy groups -OCH3 is 1. The Hall–Kier alpha value is -3.70. The summed E-state index contributed by atoms with van der Waals surface area (Å²) in [6, 6.07) is 22.9. The summed E-state index contributed by atoms with van der Waals surface area (Å²) in [5.74, 6) is -0.286. The minimum absolute atomic E-state index is 0.300. The molecule has 0 radical (unpaired) electrons. The smallest absolute Gasteiger partial charge is 0.339 e. The summed E-state index contributed by atoms with van der Waals surface area (Å²) < 4.78 is 10.4. The van der Waals surface area contributed by atoms with Crippen molar-refractivity contribution in [2.75, 3.05) is 13.7 Å². The second-order valence-electron chi connectivity index (χ2n) is 6.81. The van der Waals surface area contributed by atoms with Crippen molar-refractivity contribution in [3.8, 4) is 17.0 Å². The number of carbonyl (C=O) groups excluding carboxylic acids is 2. The van der Waals surface area contributed by atoms with Crippen molar-refractivity contribution < 1.29 is 19.1 Å². The number of esters is 1. The van der Waals surface area contributed by atoms with E-state index in [2.05, 4.69) is 4.98 Å². The first-order valence-electron chi connectivity index (χ1n) is 9.55. The molecule has 0 unspecified atom stereocenters. The zero-order valence-corrected chi connectivity index (χ0v) is 17.4. The van der Waals surface area contributed by atoms with Crippen molar-refractivity contribution >= 4 is 34.3 Å². The number of hydrogen-bond donors (Lipinski definition) is 0. The maximum atomic E-state index is 12.9. The summed E-state index contributed by atoms with van der Waals surface area (Å²) in [6.45, 7) is -0.379. The van der Waals surface area contributed by atoms with Gasteiger partial charge in [0.1, 0.15) is 5.75 Å². The first-order valence-corrected chi connectivity index (χ1v) is 9.93. The van der Waals surface area contributed by atoms with Gasteiger partial charge in [0.25, 0.3) is 0 Å². The van der Waals surface area contributed by atoms with Gasteiger partial charge in [0, 0.05) is 21.5 Å². The molecule has 154 valence electrons. The molecule has 0 N–H and O–H groups in total. The van der Waals surface area contributed by atoms with Crippen molar-refractivity contribution in [2.24, 2.45) is 0 Å². The van der Waals surface area contributed by atoms with Gasteiger partial charge in [0.15, 0.2) is 12.4 Å². The minimum atomic E-state index is -0.617. The van der Waals surface area contributed by atoms with Crippen LogP contribution in [0.1, 0.15) is 20.7 Å². The lowest BCUT2D eigenvalue weighted by atomic mass is 10.0. The van der Waals surface area contributed by atoms with E-state index in [1.54, 1.807) is 55.6 Å². The van der Waals surface area contributed by atoms with Crippen LogP contribution in [0, 0.1) is 0 Å². The summed E-state index contributed by atoms with van der Waals surface area (Å²) in [6.07, 6.45) is 0. The van der Waals surface area contributed by atoms with Gasteiger partial charge < -0.3 is 9.47 Å². The summed E-state index contributed by atoms with van der Waals surface area (Å²) in [5.41, 5.74) is 2.83. The Balaban J connectivity index is 1.63. The molecule has 0 aliphatic rings. The summed E-state index contributed by atoms with van der Waals surface area (Å²) in [4.78, 5) is 30.0. The number of benzene rings is 3. The van der Waals surface area contributed by atoms with Gasteiger partial charge in [-0.25, -0.2) is 9.78 Å². The second kappa shape index (κ2) is 8.98. The van der Waals surface area contributed by atoms with Crippen molar-refractivity contribution in [3.63, 3.8) is 0 Å². The third-order valence-corrected chi connectivity index (χ3v) is 5.04. The summed E-state index contributed by atoms with van der Waals surface area (Å²) >= 11 is 6.14. The Morgan fingerprint density at radius 3 is 2.39 bits per heavy atom. The molecular formula is C25H18ClNO4. The molecule has 0 spiro atoms. The van der Waals surface area contributed by atoms with E-state index in [0.717, 1.165) is 5.56 Å². The average Bonchev–Trinajstić information content (AvgIpc) is 2.82. The zero-order valence-electron chi connectivity index (χ0n) is 16.7. The van der Waals surface area contributed by atoms with E-state index >= 15 is 0 Å². The van der Waals surface area contributed by atoms with Crippen LogP contribution in [-0.4, -0.2) is 30.5 Å². The SMILES string of the molecule is COc1ccc(C(=O)COC(=O)c2cc(-c3ccccc3)nc3ccc(Cl)cc23)cc1. The third kappa shape index (κ3) is 4.57. The number of hydrogen-bond acceptors (Lipinski definition) is 5. The molecule has 0 aliphatic carbocycles. The fourth-order valence-electron chi connectivity index (χ4n) is 3.19. The first-order chi connectivity index (χ1) is 15.0. The Kier molecular flexibility index (Phi) is 5.96. The topological polar surface area (TPSA) is 65.5 Å². The average molecular weight is 432 g/mol. The van der Waals surface area contributed by atoms with E-state index < -0.39 is 5.97 Å². The van der Waals surface area contributed by atoms with E-state index in [1.807, 2.05) is 30.3 Å². The number of pyridine rings is 1. The molecule has 6 heteroatoms. The van der Waals surface area contributed by atoms with E-state index in [9.17, 15) is 9.59 Å². The van der Waals surface area contributed by atoms with Crippen LogP contribution in [0.15, 0.2) is 78.9 Å². The van der Waals surface area contributed by atoms with Gasteiger partial charge in [0.05, 0.1) is 23.9 Å². The van der Waals surface area contributed by atoms with Crippen LogP contribution in [0.3, 0.4) is 0 Å². The lowest BCUT2D eigenvalue weighted by molar-refractivity contribution is 0.0476. The number of Topliss-reactive ketones (excluding diaryl/α,β-unsaturated/α-hetero) is 1. The second-order valence-corrected chi connectivity index (χ2v) is 7.25. The van der Waals surface area contributed by atoms with Crippen molar-refractivity contribution in [1.29, 1.82) is 0 Å². The van der Waals surface area contributed by atoms with Gasteiger partial charge >= 0.3 is 5.97 Å². The number of aromatic nitrogens is 1. The molecule has 0 bridgehead atoms. The number of rotatable bonds is 6. The van der Waals surface area contributed by atoms with Gasteiger partial charge in [-0.2, -0.15) is 0 Å². The molecule has 0 aliphatic heterocycles. The van der Waals surface area contributed by atoms with Crippen LogP contribution in [0.2, 0.25) is 5.02 Å². The molecule has 5 nitrogen and oxygen atoms in total. The van der Waals surface area contributed by atoms with Crippen LogP contribution in [-0.2, 0) is 4.74 Å². The van der Waals surface area contributed by atoms with E-state index in [4.69, 9.17) is 21.1 Å². The fraction of sp³-hybridized carbons (Fsp3) is 0.0800. The predicted molar refractivity (Wildman–Crippen MR) is 120 cm³/mol. The molecule has 0 fully saturated rings. The van der Waals surface area contributed by atoms with Gasteiger partial charge in [-0.3, -0.25) is 4.79 Å². The number of ether oxygens (including phenoxy) is 2. The molecule has 0 atom stereocenters. The lowest BCUT2D eigenvalue weighted by Gasteiger charge is -2.10. The third-order valence-electron chi connectivity index (χ3n) is 4.81. The first kappa shape index (κ1) is 20.6. The standard InChI is InChI=1S/C25H18ClNO4/c1-30-19-10-7-17(8-11-19)24(28)15-31-25(29)21-14-23(16-5-3-2-4-6-16)27-22-12-9-18(26)13-20(21)22/h2-14H,15H2,1H3.